The summed E-state index contributed by atoms with van der Waals surface area (Å²) in [5.41, 5.74) is 2.79. The largest absolute Gasteiger partial charge is 0.465 e. The van der Waals surface area contributed by atoms with Crippen molar-refractivity contribution in [3.63, 3.8) is 0 Å². The van der Waals surface area contributed by atoms with E-state index in [4.69, 9.17) is 4.74 Å². The predicted octanol–water partition coefficient (Wildman–Crippen LogP) is 8.68. The number of halogens is 1. The van der Waals surface area contributed by atoms with Gasteiger partial charge >= 0.3 is 5.97 Å². The van der Waals surface area contributed by atoms with E-state index < -0.39 is 28.9 Å². The summed E-state index contributed by atoms with van der Waals surface area (Å²) >= 11 is 2.70. The molecular weight excluding hydrogens is 698 g/mol. The van der Waals surface area contributed by atoms with E-state index in [2.05, 4.69) is 22.9 Å². The minimum Gasteiger partial charge on any atom is -0.465 e. The third-order valence-corrected chi connectivity index (χ3v) is 11.0. The maximum absolute atomic E-state index is 14.6. The lowest BCUT2D eigenvalue weighted by molar-refractivity contribution is -0.116. The molecule has 1 aromatic heterocycles. The first-order valence-electron chi connectivity index (χ1n) is 16.7. The van der Waals surface area contributed by atoms with Gasteiger partial charge < -0.3 is 20.7 Å². The lowest BCUT2D eigenvalue weighted by atomic mass is 9.88. The van der Waals surface area contributed by atoms with Gasteiger partial charge in [0, 0.05) is 26.6 Å². The number of thioether (sulfide) groups is 1. The van der Waals surface area contributed by atoms with Crippen LogP contribution >= 0.6 is 23.1 Å². The Balaban J connectivity index is 1.25. The number of hydrogen-bond acceptors (Lipinski definition) is 7. The molecule has 0 fully saturated rings. The number of anilines is 2. The van der Waals surface area contributed by atoms with Gasteiger partial charge in [-0.3, -0.25) is 14.4 Å². The Morgan fingerprint density at radius 3 is 2.35 bits per heavy atom. The van der Waals surface area contributed by atoms with Crippen LogP contribution in [0.2, 0.25) is 0 Å². The topological polar surface area (TPSA) is 114 Å². The maximum atomic E-state index is 14.6. The molecule has 0 aliphatic heterocycles. The molecule has 52 heavy (non-hydrogen) atoms. The van der Waals surface area contributed by atoms with E-state index >= 15 is 0 Å². The first-order chi connectivity index (χ1) is 25.2. The average Bonchev–Trinajstić information content (AvgIpc) is 3.51. The number of benzene rings is 4. The quantitative estimate of drug-likeness (QED) is 0.0712. The highest BCUT2D eigenvalue weighted by atomic mass is 32.2. The van der Waals surface area contributed by atoms with Crippen molar-refractivity contribution in [2.75, 3.05) is 17.7 Å². The van der Waals surface area contributed by atoms with Crippen molar-refractivity contribution in [3.05, 3.63) is 153 Å². The van der Waals surface area contributed by atoms with Crippen LogP contribution < -0.4 is 16.0 Å². The second-order valence-corrected chi connectivity index (χ2v) is 14.6. The van der Waals surface area contributed by atoms with Crippen molar-refractivity contribution >= 4 is 63.6 Å². The molecule has 6 rings (SSSR count). The van der Waals surface area contributed by atoms with Gasteiger partial charge in [0.15, 0.2) is 0 Å². The number of carbonyl (C=O) groups excluding carboxylic acids is 4. The number of ether oxygens (including phenoxy) is 1. The SMILES string of the molecule is COC(=O)c1c(NC(=O)C(Sc2cccc(NC(=O)/C(=C/c3ccccc3F)NC(=O)c3ccccc3)c2)c2ccccc2)sc2c1CCC(C)C2. The highest BCUT2D eigenvalue weighted by molar-refractivity contribution is 8.00. The highest BCUT2D eigenvalue weighted by Crippen LogP contribution is 2.42. The van der Waals surface area contributed by atoms with Gasteiger partial charge in [-0.15, -0.1) is 23.1 Å². The summed E-state index contributed by atoms with van der Waals surface area (Å²) in [6.45, 7) is 2.18. The average molecular weight is 734 g/mol. The molecule has 2 atom stereocenters. The second-order valence-electron chi connectivity index (χ2n) is 12.3. The van der Waals surface area contributed by atoms with Crippen molar-refractivity contribution in [2.45, 2.75) is 36.3 Å². The van der Waals surface area contributed by atoms with Crippen molar-refractivity contribution in [3.8, 4) is 0 Å². The normalized spacial score (nSPS) is 14.4. The minimum atomic E-state index is -0.725. The van der Waals surface area contributed by atoms with Crippen molar-refractivity contribution < 1.29 is 28.3 Å². The summed E-state index contributed by atoms with van der Waals surface area (Å²) in [7, 11) is 1.34. The fraction of sp³-hybridized carbons (Fsp3) is 0.171. The molecule has 2 unspecified atom stereocenters. The number of methoxy groups -OCH3 is 1. The Hall–Kier alpha value is -5.52. The summed E-state index contributed by atoms with van der Waals surface area (Å²) in [6, 6.07) is 30.6. The molecule has 11 heteroatoms. The molecule has 1 aliphatic rings. The van der Waals surface area contributed by atoms with Gasteiger partial charge in [-0.05, 0) is 78.8 Å². The second kappa shape index (κ2) is 16.7. The Kier molecular flexibility index (Phi) is 11.6. The zero-order valence-electron chi connectivity index (χ0n) is 28.5. The molecule has 0 saturated heterocycles. The zero-order chi connectivity index (χ0) is 36.6. The van der Waals surface area contributed by atoms with Crippen LogP contribution in [0.5, 0.6) is 0 Å². The molecule has 8 nitrogen and oxygen atoms in total. The number of esters is 1. The molecule has 0 radical (unpaired) electrons. The fourth-order valence-corrected chi connectivity index (χ4v) is 8.39. The van der Waals surface area contributed by atoms with E-state index in [-0.39, 0.29) is 17.2 Å². The van der Waals surface area contributed by atoms with Crippen molar-refractivity contribution in [1.29, 1.82) is 0 Å². The summed E-state index contributed by atoms with van der Waals surface area (Å²) < 4.78 is 19.8. The number of hydrogen-bond donors (Lipinski definition) is 3. The molecular formula is C41H36FN3O5S2. The molecule has 3 N–H and O–H groups in total. The van der Waals surface area contributed by atoms with Crippen LogP contribution in [0.1, 0.15) is 60.9 Å². The maximum Gasteiger partial charge on any atom is 0.341 e. The molecule has 264 valence electrons. The van der Waals surface area contributed by atoms with Crippen molar-refractivity contribution in [2.24, 2.45) is 5.92 Å². The summed E-state index contributed by atoms with van der Waals surface area (Å²) in [4.78, 5) is 55.5. The van der Waals surface area contributed by atoms with E-state index in [1.54, 1.807) is 54.6 Å². The Morgan fingerprint density at radius 1 is 0.904 bits per heavy atom. The monoisotopic (exact) mass is 733 g/mol. The summed E-state index contributed by atoms with van der Waals surface area (Å²) in [6.07, 6.45) is 3.82. The van der Waals surface area contributed by atoms with E-state index in [1.165, 1.54) is 54.5 Å². The highest BCUT2D eigenvalue weighted by Gasteiger charge is 2.31. The van der Waals surface area contributed by atoms with Crippen LogP contribution in [0.15, 0.2) is 120 Å². The van der Waals surface area contributed by atoms with Gasteiger partial charge in [-0.25, -0.2) is 9.18 Å². The van der Waals surface area contributed by atoms with E-state index in [9.17, 15) is 23.6 Å². The Labute approximate surface area is 309 Å². The van der Waals surface area contributed by atoms with Gasteiger partial charge in [0.25, 0.3) is 11.8 Å². The summed E-state index contributed by atoms with van der Waals surface area (Å²) in [5, 5.41) is 8.24. The fourth-order valence-electron chi connectivity index (χ4n) is 5.91. The number of amides is 3. The van der Waals surface area contributed by atoms with Gasteiger partial charge in [0.05, 0.1) is 12.7 Å². The predicted molar refractivity (Wildman–Crippen MR) is 204 cm³/mol. The zero-order valence-corrected chi connectivity index (χ0v) is 30.1. The lowest BCUT2D eigenvalue weighted by Crippen LogP contribution is -2.30. The van der Waals surface area contributed by atoms with Crippen LogP contribution in [0.25, 0.3) is 6.08 Å². The van der Waals surface area contributed by atoms with Crippen LogP contribution in [0, 0.1) is 11.7 Å². The minimum absolute atomic E-state index is 0.124. The number of rotatable bonds is 11. The van der Waals surface area contributed by atoms with Gasteiger partial charge in [0.1, 0.15) is 21.8 Å². The van der Waals surface area contributed by atoms with Crippen LogP contribution in [-0.2, 0) is 27.2 Å². The van der Waals surface area contributed by atoms with Crippen LogP contribution in [-0.4, -0.2) is 30.8 Å². The van der Waals surface area contributed by atoms with Gasteiger partial charge in [-0.2, -0.15) is 0 Å². The van der Waals surface area contributed by atoms with E-state index in [0.29, 0.717) is 32.6 Å². The first-order valence-corrected chi connectivity index (χ1v) is 18.4. The number of carbonyl (C=O) groups is 4. The third kappa shape index (κ3) is 8.67. The Bertz CT molecular complexity index is 2130. The van der Waals surface area contributed by atoms with E-state index in [1.807, 2.05) is 36.4 Å². The molecule has 0 saturated carbocycles. The number of nitrogens with one attached hydrogen (secondary N) is 3. The number of fused-ring (bicyclic) bond motifs is 1. The standard InChI is InChI=1S/C41H36FN3O5S2/c1-25-20-21-31-34(22-25)52-40(35(31)41(49)50-2)45-39(48)36(26-12-5-3-6-13-26)51-30-18-11-17-29(24-30)43-38(47)33(23-28-16-9-10-19-32(28)42)44-37(46)27-14-7-4-8-15-27/h3-19,23-25,36H,20-22H2,1-2H3,(H,43,47)(H,44,46)(H,45,48)/b33-23-. The van der Waals surface area contributed by atoms with E-state index in [0.717, 1.165) is 35.3 Å². The molecule has 0 bridgehead atoms. The first kappa shape index (κ1) is 36.3. The smallest absolute Gasteiger partial charge is 0.341 e. The molecule has 1 heterocycles. The molecule has 3 amide bonds. The molecule has 1 aliphatic carbocycles. The van der Waals surface area contributed by atoms with Crippen LogP contribution in [0.4, 0.5) is 15.1 Å². The van der Waals surface area contributed by atoms with Gasteiger partial charge in [0.2, 0.25) is 5.91 Å². The lowest BCUT2D eigenvalue weighted by Gasteiger charge is -2.18. The molecule has 4 aromatic carbocycles. The Morgan fingerprint density at radius 2 is 1.62 bits per heavy atom. The third-order valence-electron chi connectivity index (χ3n) is 8.56. The van der Waals surface area contributed by atoms with Gasteiger partial charge in [-0.1, -0.05) is 79.7 Å². The van der Waals surface area contributed by atoms with Crippen LogP contribution in [0.3, 0.4) is 0 Å². The molecule has 5 aromatic rings. The number of thiophene rings is 1. The summed E-state index contributed by atoms with van der Waals surface area (Å²) in [5.74, 6) is -2.07. The molecule has 0 spiro atoms. The van der Waals surface area contributed by atoms with Crippen molar-refractivity contribution in [1.82, 2.24) is 5.32 Å².